The molecule has 0 bridgehead atoms. The number of nitrogens with two attached hydrogens (primary N) is 1. The first-order chi connectivity index (χ1) is 17.8. The average molecular weight is 583 g/mol. The fourth-order valence-corrected chi connectivity index (χ4v) is 6.78. The Morgan fingerprint density at radius 3 is 2.61 bits per heavy atom. The monoisotopic (exact) mass is 582 g/mol. The molecule has 4 aromatic rings. The average Bonchev–Trinajstić information content (AvgIpc) is 3.48. The quantitative estimate of drug-likeness (QED) is 0.306. The SMILES string of the molecule is Cc1nc(-c2cc(C(F)(F)F)ccc2O[C@@H]2CC(C)(C)Oc3cc(S(=O)(=O)[NH2+]c4nccs4)ccc32)cs1. The highest BCUT2D eigenvalue weighted by Crippen LogP contribution is 2.45. The Bertz CT molecular complexity index is 1580. The molecule has 0 amide bonds. The number of aryl methyl sites for hydroxylation is 1. The maximum Gasteiger partial charge on any atom is 0.416 e. The third-order valence-corrected chi connectivity index (χ3v) is 8.99. The molecular formula is C25H23F3N3O4S3+. The molecular weight excluding hydrogens is 559 g/mol. The van der Waals surface area contributed by atoms with Crippen molar-refractivity contribution in [2.24, 2.45) is 0 Å². The number of hydrogen-bond donors (Lipinski definition) is 1. The van der Waals surface area contributed by atoms with Gasteiger partial charge in [0.25, 0.3) is 5.13 Å². The van der Waals surface area contributed by atoms with Crippen LogP contribution >= 0.6 is 22.7 Å². The number of aromatic nitrogens is 2. The first-order valence-electron chi connectivity index (χ1n) is 11.4. The fourth-order valence-electron chi connectivity index (χ4n) is 4.19. The maximum absolute atomic E-state index is 13.5. The number of ether oxygens (including phenoxy) is 2. The van der Waals surface area contributed by atoms with Gasteiger partial charge in [0, 0.05) is 40.6 Å². The summed E-state index contributed by atoms with van der Waals surface area (Å²) in [5, 5.41) is 4.45. The van der Waals surface area contributed by atoms with E-state index in [1.807, 2.05) is 13.8 Å². The molecule has 38 heavy (non-hydrogen) atoms. The molecule has 0 saturated heterocycles. The second kappa shape index (κ2) is 9.63. The minimum atomic E-state index is -4.52. The smallest absolute Gasteiger partial charge is 0.416 e. The van der Waals surface area contributed by atoms with E-state index >= 15 is 0 Å². The number of primary sulfonamides is 1. The van der Waals surface area contributed by atoms with Gasteiger partial charge in [-0.05, 0) is 45.0 Å². The Hall–Kier alpha value is -3.00. The molecule has 7 nitrogen and oxygen atoms in total. The third kappa shape index (κ3) is 5.55. The standard InChI is InChI=1S/C25H22F3N3O4S3/c1-14-30-19(13-37-14)18-10-15(25(26,27)28)4-7-20(18)34-22-12-24(2,3)35-21-11-16(5-6-17(21)22)38(32,33)31-23-29-8-9-36-23/h4-11,13,22H,12H2,1-3H3,(H,29,31)/p+1/t22-/m1/s1. The number of sulfonamides is 1. The van der Waals surface area contributed by atoms with Crippen LogP contribution in [0.25, 0.3) is 11.3 Å². The van der Waals surface area contributed by atoms with Crippen molar-refractivity contribution in [1.82, 2.24) is 9.97 Å². The van der Waals surface area contributed by atoms with E-state index in [-0.39, 0.29) is 16.2 Å². The first-order valence-corrected chi connectivity index (χ1v) is 14.7. The van der Waals surface area contributed by atoms with Gasteiger partial charge < -0.3 is 9.47 Å². The van der Waals surface area contributed by atoms with Gasteiger partial charge in [-0.2, -0.15) is 31.3 Å². The van der Waals surface area contributed by atoms with E-state index < -0.39 is 33.5 Å². The van der Waals surface area contributed by atoms with Crippen LogP contribution in [0.5, 0.6) is 11.5 Å². The lowest BCUT2D eigenvalue weighted by atomic mass is 9.91. The molecule has 0 radical (unpaired) electrons. The van der Waals surface area contributed by atoms with E-state index in [2.05, 4.69) is 9.97 Å². The predicted molar refractivity (Wildman–Crippen MR) is 137 cm³/mol. The molecule has 0 unspecified atom stereocenters. The summed E-state index contributed by atoms with van der Waals surface area (Å²) in [5.74, 6) is 0.573. The molecule has 0 aliphatic carbocycles. The Morgan fingerprint density at radius 2 is 1.95 bits per heavy atom. The summed E-state index contributed by atoms with van der Waals surface area (Å²) in [6.45, 7) is 5.45. The number of thiazole rings is 2. The van der Waals surface area contributed by atoms with Crippen LogP contribution in [0.2, 0.25) is 0 Å². The second-order valence-electron chi connectivity index (χ2n) is 9.37. The van der Waals surface area contributed by atoms with Crippen molar-refractivity contribution < 1.29 is 35.8 Å². The molecule has 2 aromatic heterocycles. The number of fused-ring (bicyclic) bond motifs is 1. The van der Waals surface area contributed by atoms with Gasteiger partial charge in [0.05, 0.1) is 16.3 Å². The molecule has 1 atom stereocenters. The zero-order valence-corrected chi connectivity index (χ0v) is 22.9. The van der Waals surface area contributed by atoms with Gasteiger partial charge in [0.2, 0.25) is 0 Å². The minimum absolute atomic E-state index is 0.0380. The van der Waals surface area contributed by atoms with Crippen LogP contribution in [0.1, 0.15) is 42.5 Å². The number of rotatable bonds is 6. The van der Waals surface area contributed by atoms with Crippen molar-refractivity contribution in [1.29, 1.82) is 0 Å². The summed E-state index contributed by atoms with van der Waals surface area (Å²) in [5.41, 5.74) is -0.323. The van der Waals surface area contributed by atoms with Gasteiger partial charge in [0.15, 0.2) is 0 Å². The topological polar surface area (TPSA) is 95.0 Å². The molecule has 200 valence electrons. The van der Waals surface area contributed by atoms with Gasteiger partial charge in [-0.3, -0.25) is 0 Å². The Balaban J connectivity index is 1.52. The predicted octanol–water partition coefficient (Wildman–Crippen LogP) is 5.86. The van der Waals surface area contributed by atoms with Crippen molar-refractivity contribution in [3.05, 3.63) is 69.5 Å². The number of quaternary nitrogens is 1. The molecule has 0 spiro atoms. The minimum Gasteiger partial charge on any atom is -0.487 e. The molecule has 0 fully saturated rings. The molecule has 2 aromatic carbocycles. The van der Waals surface area contributed by atoms with Gasteiger partial charge in [-0.15, -0.1) is 11.3 Å². The van der Waals surface area contributed by atoms with Gasteiger partial charge in [-0.1, -0.05) is 17.4 Å². The Labute approximate surface area is 225 Å². The number of nitrogens with zero attached hydrogens (tertiary/aromatic N) is 2. The molecule has 13 heteroatoms. The van der Waals surface area contributed by atoms with Crippen LogP contribution in [0.3, 0.4) is 0 Å². The van der Waals surface area contributed by atoms with Crippen LogP contribution in [0.15, 0.2) is 58.3 Å². The lowest BCUT2D eigenvalue weighted by molar-refractivity contribution is -0.397. The number of alkyl halides is 3. The lowest BCUT2D eigenvalue weighted by Crippen LogP contribution is -2.81. The van der Waals surface area contributed by atoms with E-state index in [0.717, 1.165) is 16.9 Å². The normalized spacial score (nSPS) is 17.1. The Morgan fingerprint density at radius 1 is 1.16 bits per heavy atom. The maximum atomic E-state index is 13.5. The number of hydrogen-bond acceptors (Lipinski definition) is 8. The highest BCUT2D eigenvalue weighted by Gasteiger charge is 2.38. The van der Waals surface area contributed by atoms with E-state index in [4.69, 9.17) is 9.47 Å². The highest BCUT2D eigenvalue weighted by molar-refractivity contribution is 7.85. The summed E-state index contributed by atoms with van der Waals surface area (Å²) in [6, 6.07) is 7.86. The van der Waals surface area contributed by atoms with Crippen LogP contribution in [-0.4, -0.2) is 24.0 Å². The van der Waals surface area contributed by atoms with E-state index in [1.54, 1.807) is 23.8 Å². The van der Waals surface area contributed by atoms with E-state index in [9.17, 15) is 21.6 Å². The molecule has 3 heterocycles. The highest BCUT2D eigenvalue weighted by atomic mass is 32.2. The summed E-state index contributed by atoms with van der Waals surface area (Å²) < 4.78 is 80.0. The van der Waals surface area contributed by atoms with Crippen LogP contribution in [0, 0.1) is 6.92 Å². The first kappa shape index (κ1) is 26.6. The van der Waals surface area contributed by atoms with Crippen LogP contribution in [-0.2, 0) is 16.2 Å². The molecule has 1 aliphatic heterocycles. The largest absolute Gasteiger partial charge is 0.487 e. The van der Waals surface area contributed by atoms with Crippen molar-refractivity contribution in [3.8, 4) is 22.8 Å². The molecule has 1 aliphatic rings. The van der Waals surface area contributed by atoms with Gasteiger partial charge in [0.1, 0.15) is 28.1 Å². The van der Waals surface area contributed by atoms with Crippen LogP contribution in [0.4, 0.5) is 18.3 Å². The molecule has 2 N–H and O–H groups in total. The van der Waals surface area contributed by atoms with E-state index in [0.29, 0.717) is 33.6 Å². The van der Waals surface area contributed by atoms with Crippen molar-refractivity contribution in [3.63, 3.8) is 0 Å². The van der Waals surface area contributed by atoms with Crippen molar-refractivity contribution >= 4 is 37.8 Å². The molecule has 0 saturated carbocycles. The second-order valence-corrected chi connectivity index (χ2v) is 13.2. The Kier molecular flexibility index (Phi) is 6.74. The third-order valence-electron chi connectivity index (χ3n) is 5.90. The van der Waals surface area contributed by atoms with Crippen molar-refractivity contribution in [2.45, 2.75) is 50.0 Å². The van der Waals surface area contributed by atoms with Crippen LogP contribution < -0.4 is 14.2 Å². The fraction of sp³-hybridized carbons (Fsp3) is 0.280. The zero-order chi connectivity index (χ0) is 27.3. The number of halogens is 3. The summed E-state index contributed by atoms with van der Waals surface area (Å²) in [6.07, 6.45) is -3.23. The van der Waals surface area contributed by atoms with Gasteiger partial charge in [-0.25, -0.2) is 4.98 Å². The summed E-state index contributed by atoms with van der Waals surface area (Å²) in [7, 11) is -3.80. The summed E-state index contributed by atoms with van der Waals surface area (Å²) in [4.78, 5) is 8.42. The van der Waals surface area contributed by atoms with Crippen molar-refractivity contribution in [2.75, 3.05) is 0 Å². The van der Waals surface area contributed by atoms with E-state index in [1.165, 1.54) is 47.1 Å². The zero-order valence-electron chi connectivity index (χ0n) is 20.4. The van der Waals surface area contributed by atoms with Gasteiger partial charge >= 0.3 is 16.2 Å². The molecule has 5 rings (SSSR count). The summed E-state index contributed by atoms with van der Waals surface area (Å²) >= 11 is 2.54. The number of benzene rings is 2. The lowest BCUT2D eigenvalue weighted by Gasteiger charge is -2.38.